The summed E-state index contributed by atoms with van der Waals surface area (Å²) in [7, 11) is 0. The van der Waals surface area contributed by atoms with E-state index < -0.39 is 5.97 Å². The quantitative estimate of drug-likeness (QED) is 0.305. The van der Waals surface area contributed by atoms with Crippen LogP contribution in [0.5, 0.6) is 5.75 Å². The van der Waals surface area contributed by atoms with Crippen LogP contribution in [0.2, 0.25) is 0 Å². The van der Waals surface area contributed by atoms with E-state index in [-0.39, 0.29) is 11.6 Å². The molecule has 0 spiro atoms. The van der Waals surface area contributed by atoms with Crippen LogP contribution in [-0.2, 0) is 16.1 Å². The first-order chi connectivity index (χ1) is 14.1. The Labute approximate surface area is 185 Å². The molecule has 0 atom stereocenters. The Balaban J connectivity index is 1.59. The van der Waals surface area contributed by atoms with E-state index in [1.165, 1.54) is 0 Å². The first kappa shape index (κ1) is 19.6. The second-order valence-corrected chi connectivity index (χ2v) is 8.03. The van der Waals surface area contributed by atoms with Gasteiger partial charge < -0.3 is 9.47 Å². The number of cyclic esters (lactones) is 1. The van der Waals surface area contributed by atoms with Gasteiger partial charge in [0.25, 0.3) is 0 Å². The molecule has 0 amide bonds. The van der Waals surface area contributed by atoms with Crippen LogP contribution >= 0.6 is 31.9 Å². The Bertz CT molecular complexity index is 1140. The number of para-hydroxylation sites is 1. The zero-order chi connectivity index (χ0) is 20.2. The summed E-state index contributed by atoms with van der Waals surface area (Å²) in [6.45, 7) is 0.401. The molecule has 4 nitrogen and oxygen atoms in total. The highest BCUT2D eigenvalue weighted by Crippen LogP contribution is 2.27. The average Bonchev–Trinajstić information content (AvgIpc) is 3.09. The highest BCUT2D eigenvalue weighted by atomic mass is 79.9. The van der Waals surface area contributed by atoms with Crippen molar-refractivity contribution in [3.8, 4) is 5.75 Å². The predicted molar refractivity (Wildman–Crippen MR) is 120 cm³/mol. The maximum absolute atomic E-state index is 12.3. The molecule has 3 aromatic rings. The lowest BCUT2D eigenvalue weighted by molar-refractivity contribution is -0.129. The number of aliphatic imine (C=N–C) groups is 1. The standard InChI is InChI=1S/C23H15Br2NO3/c24-18-9-5-8-16(12-18)22-26-20(23(27)29-22)13-15-6-2-4-11-21(15)28-14-17-7-1-3-10-19(17)25/h1-13H,14H2/b20-13+. The Morgan fingerprint density at radius 2 is 1.76 bits per heavy atom. The van der Waals surface area contributed by atoms with Gasteiger partial charge >= 0.3 is 5.97 Å². The molecule has 0 aromatic heterocycles. The van der Waals surface area contributed by atoms with Gasteiger partial charge in [0.05, 0.1) is 0 Å². The van der Waals surface area contributed by atoms with Crippen molar-refractivity contribution in [1.82, 2.24) is 0 Å². The summed E-state index contributed by atoms with van der Waals surface area (Å²) in [5.74, 6) is 0.462. The van der Waals surface area contributed by atoms with Crippen LogP contribution in [0, 0.1) is 0 Å². The van der Waals surface area contributed by atoms with Crippen molar-refractivity contribution in [3.05, 3.63) is 104 Å². The summed E-state index contributed by atoms with van der Waals surface area (Å²) < 4.78 is 13.2. The fourth-order valence-electron chi connectivity index (χ4n) is 2.80. The van der Waals surface area contributed by atoms with Gasteiger partial charge in [-0.25, -0.2) is 9.79 Å². The molecule has 0 aliphatic carbocycles. The number of hydrogen-bond donors (Lipinski definition) is 0. The molecule has 1 aliphatic heterocycles. The van der Waals surface area contributed by atoms with Crippen molar-refractivity contribution in [1.29, 1.82) is 0 Å². The molecule has 0 saturated heterocycles. The molecule has 29 heavy (non-hydrogen) atoms. The van der Waals surface area contributed by atoms with E-state index in [1.54, 1.807) is 6.08 Å². The number of esters is 1. The summed E-state index contributed by atoms with van der Waals surface area (Å²) in [5, 5.41) is 0. The van der Waals surface area contributed by atoms with Gasteiger partial charge in [-0.3, -0.25) is 0 Å². The number of halogens is 2. The number of benzene rings is 3. The maximum atomic E-state index is 12.3. The normalized spacial score (nSPS) is 14.6. The molecule has 1 aliphatic rings. The van der Waals surface area contributed by atoms with Gasteiger partial charge in [0.2, 0.25) is 5.90 Å². The molecule has 6 heteroatoms. The van der Waals surface area contributed by atoms with Crippen molar-refractivity contribution >= 4 is 49.8 Å². The van der Waals surface area contributed by atoms with Gasteiger partial charge in [0.15, 0.2) is 5.70 Å². The van der Waals surface area contributed by atoms with Crippen molar-refractivity contribution < 1.29 is 14.3 Å². The van der Waals surface area contributed by atoms with Crippen LogP contribution in [0.4, 0.5) is 0 Å². The van der Waals surface area contributed by atoms with E-state index in [0.717, 1.165) is 25.6 Å². The second-order valence-electron chi connectivity index (χ2n) is 6.26. The van der Waals surface area contributed by atoms with E-state index in [1.807, 2.05) is 72.8 Å². The van der Waals surface area contributed by atoms with Gasteiger partial charge in [-0.1, -0.05) is 74.3 Å². The third kappa shape index (κ3) is 4.66. The number of rotatable bonds is 5. The number of ether oxygens (including phenoxy) is 2. The minimum atomic E-state index is -0.486. The van der Waals surface area contributed by atoms with E-state index in [0.29, 0.717) is 12.4 Å². The largest absolute Gasteiger partial charge is 0.488 e. The Morgan fingerprint density at radius 1 is 0.966 bits per heavy atom. The number of hydrogen-bond acceptors (Lipinski definition) is 4. The zero-order valence-electron chi connectivity index (χ0n) is 15.1. The lowest BCUT2D eigenvalue weighted by Crippen LogP contribution is -2.05. The highest BCUT2D eigenvalue weighted by molar-refractivity contribution is 9.10. The van der Waals surface area contributed by atoms with Gasteiger partial charge in [0.1, 0.15) is 12.4 Å². The van der Waals surface area contributed by atoms with Crippen LogP contribution in [0.25, 0.3) is 6.08 Å². The van der Waals surface area contributed by atoms with Crippen LogP contribution in [0.15, 0.2) is 92.4 Å². The van der Waals surface area contributed by atoms with Crippen LogP contribution in [0.1, 0.15) is 16.7 Å². The summed E-state index contributed by atoms with van der Waals surface area (Å²) in [6.07, 6.45) is 1.68. The van der Waals surface area contributed by atoms with Crippen LogP contribution in [0.3, 0.4) is 0 Å². The molecule has 0 radical (unpaired) electrons. The number of carbonyl (C=O) groups excluding carboxylic acids is 1. The Morgan fingerprint density at radius 3 is 2.59 bits per heavy atom. The molecule has 4 rings (SSSR count). The van der Waals surface area contributed by atoms with Gasteiger partial charge in [-0.15, -0.1) is 0 Å². The molecular formula is C23H15Br2NO3. The van der Waals surface area contributed by atoms with Gasteiger partial charge in [0, 0.05) is 25.6 Å². The van der Waals surface area contributed by atoms with E-state index in [2.05, 4.69) is 36.9 Å². The summed E-state index contributed by atoms with van der Waals surface area (Å²) in [5.41, 5.74) is 2.75. The molecule has 0 unspecified atom stereocenters. The van der Waals surface area contributed by atoms with Gasteiger partial charge in [-0.2, -0.15) is 0 Å². The maximum Gasteiger partial charge on any atom is 0.363 e. The fourth-order valence-corrected chi connectivity index (χ4v) is 3.60. The van der Waals surface area contributed by atoms with Gasteiger partial charge in [-0.05, 0) is 36.4 Å². The minimum Gasteiger partial charge on any atom is -0.488 e. The second kappa shape index (κ2) is 8.76. The molecule has 1 heterocycles. The average molecular weight is 513 g/mol. The molecule has 0 fully saturated rings. The highest BCUT2D eigenvalue weighted by Gasteiger charge is 2.24. The first-order valence-electron chi connectivity index (χ1n) is 8.84. The van der Waals surface area contributed by atoms with Crippen LogP contribution < -0.4 is 4.74 Å². The topological polar surface area (TPSA) is 47.9 Å². The summed E-state index contributed by atoms with van der Waals surface area (Å²) in [6, 6.07) is 22.9. The van der Waals surface area contributed by atoms with Crippen molar-refractivity contribution in [2.45, 2.75) is 6.61 Å². The predicted octanol–water partition coefficient (Wildman–Crippen LogP) is 6.14. The Hall–Kier alpha value is -2.70. The molecule has 144 valence electrons. The van der Waals surface area contributed by atoms with Crippen molar-refractivity contribution in [3.63, 3.8) is 0 Å². The molecule has 3 aromatic carbocycles. The number of nitrogens with zero attached hydrogens (tertiary/aromatic N) is 1. The zero-order valence-corrected chi connectivity index (χ0v) is 18.3. The first-order valence-corrected chi connectivity index (χ1v) is 10.4. The van der Waals surface area contributed by atoms with Crippen molar-refractivity contribution in [2.24, 2.45) is 4.99 Å². The van der Waals surface area contributed by atoms with Crippen LogP contribution in [-0.4, -0.2) is 11.9 Å². The number of carbonyl (C=O) groups is 1. The van der Waals surface area contributed by atoms with E-state index >= 15 is 0 Å². The SMILES string of the molecule is O=C1OC(c2cccc(Br)c2)=N/C1=C/c1ccccc1OCc1ccccc1Br. The third-order valence-electron chi connectivity index (χ3n) is 4.24. The molecule has 0 bridgehead atoms. The fraction of sp³-hybridized carbons (Fsp3) is 0.0435. The molecule has 0 saturated carbocycles. The van der Waals surface area contributed by atoms with E-state index in [9.17, 15) is 4.79 Å². The molecule has 0 N–H and O–H groups in total. The molecular weight excluding hydrogens is 498 g/mol. The minimum absolute atomic E-state index is 0.233. The summed E-state index contributed by atoms with van der Waals surface area (Å²) in [4.78, 5) is 16.7. The smallest absolute Gasteiger partial charge is 0.363 e. The third-order valence-corrected chi connectivity index (χ3v) is 5.51. The Kier molecular flexibility index (Phi) is 5.92. The lowest BCUT2D eigenvalue weighted by atomic mass is 10.1. The van der Waals surface area contributed by atoms with Crippen molar-refractivity contribution in [2.75, 3.05) is 0 Å². The monoisotopic (exact) mass is 511 g/mol. The lowest BCUT2D eigenvalue weighted by Gasteiger charge is -2.10. The van der Waals surface area contributed by atoms with E-state index in [4.69, 9.17) is 9.47 Å². The summed E-state index contributed by atoms with van der Waals surface area (Å²) >= 11 is 6.94.